The van der Waals surface area contributed by atoms with Crippen LogP contribution in [0.5, 0.6) is 11.5 Å². The lowest BCUT2D eigenvalue weighted by Crippen LogP contribution is -2.12. The molecular formula is C36H42FNO3S4. The molecule has 5 rings (SSSR count). The van der Waals surface area contributed by atoms with E-state index in [2.05, 4.69) is 52.8 Å². The molecule has 45 heavy (non-hydrogen) atoms. The van der Waals surface area contributed by atoms with E-state index in [0.29, 0.717) is 30.4 Å². The van der Waals surface area contributed by atoms with Crippen molar-refractivity contribution in [2.75, 3.05) is 13.2 Å². The van der Waals surface area contributed by atoms with Crippen LogP contribution in [0.25, 0.3) is 40.0 Å². The van der Waals surface area contributed by atoms with Gasteiger partial charge >= 0.3 is 6.04 Å². The van der Waals surface area contributed by atoms with Crippen molar-refractivity contribution in [3.8, 4) is 27.3 Å². The molecule has 9 heteroatoms. The SMILES string of the molecule is CCCCC(CC)COc1c2cc(-c3sc(C)c4sc(C(=O)F)c(C#N)c34)sc2c(OCC(CC)CCCC)c2cc(C)sc12. The number of rotatable bonds is 16. The monoisotopic (exact) mass is 683 g/mol. The van der Waals surface area contributed by atoms with Gasteiger partial charge in [-0.15, -0.1) is 45.3 Å². The third-order valence-electron chi connectivity index (χ3n) is 8.73. The molecule has 0 spiro atoms. The minimum absolute atomic E-state index is 0.111. The molecule has 1 aromatic carbocycles. The van der Waals surface area contributed by atoms with Gasteiger partial charge in [-0.3, -0.25) is 4.79 Å². The Hall–Kier alpha value is -2.51. The van der Waals surface area contributed by atoms with Crippen LogP contribution in [0, 0.1) is 37.0 Å². The summed E-state index contributed by atoms with van der Waals surface area (Å²) in [4.78, 5) is 15.8. The van der Waals surface area contributed by atoms with Crippen molar-refractivity contribution in [1.29, 1.82) is 5.26 Å². The van der Waals surface area contributed by atoms with Crippen molar-refractivity contribution in [3.63, 3.8) is 0 Å². The van der Waals surface area contributed by atoms with E-state index in [1.807, 2.05) is 6.92 Å². The average Bonchev–Trinajstić information content (AvgIpc) is 3.80. The number of benzene rings is 1. The quantitative estimate of drug-likeness (QED) is 0.0971. The van der Waals surface area contributed by atoms with Gasteiger partial charge in [-0.25, -0.2) is 0 Å². The number of aryl methyl sites for hydroxylation is 2. The van der Waals surface area contributed by atoms with E-state index in [1.165, 1.54) is 30.6 Å². The number of nitriles is 1. The van der Waals surface area contributed by atoms with Crippen LogP contribution in [0.3, 0.4) is 0 Å². The standard InChI is InChI=1S/C36H42FNO3S4/c1-7-11-13-22(9-3)18-40-29-24-15-20(5)42-32(24)30(41-19-23(10-4)14-12-8-2)25-16-27(44-33(25)29)35-28-26(17-38)34(36(37)39)45-31(28)21(6)43-35/h15-16,22-23H,7-14,18-19H2,1-6H3. The van der Waals surface area contributed by atoms with E-state index >= 15 is 0 Å². The molecule has 5 aromatic rings. The minimum atomic E-state index is -1.55. The molecule has 0 aliphatic heterocycles. The maximum Gasteiger partial charge on any atom is 0.343 e. The maximum absolute atomic E-state index is 14.0. The number of ether oxygens (including phenoxy) is 2. The Morgan fingerprint density at radius 3 is 1.96 bits per heavy atom. The fourth-order valence-corrected chi connectivity index (χ4v) is 10.6. The molecule has 0 aliphatic carbocycles. The largest absolute Gasteiger partial charge is 0.491 e. The van der Waals surface area contributed by atoms with Crippen molar-refractivity contribution >= 4 is 81.6 Å². The van der Waals surface area contributed by atoms with Crippen molar-refractivity contribution in [3.05, 3.63) is 32.3 Å². The molecule has 4 heterocycles. The molecule has 0 bridgehead atoms. The summed E-state index contributed by atoms with van der Waals surface area (Å²) in [5.74, 6) is 2.76. The van der Waals surface area contributed by atoms with Gasteiger partial charge in [0.2, 0.25) is 0 Å². The first-order chi connectivity index (χ1) is 21.8. The summed E-state index contributed by atoms with van der Waals surface area (Å²) < 4.78 is 30.5. The number of carbonyl (C=O) groups excluding carboxylic acids is 1. The summed E-state index contributed by atoms with van der Waals surface area (Å²) in [5.41, 5.74) is 0.132. The van der Waals surface area contributed by atoms with E-state index in [1.54, 1.807) is 34.0 Å². The summed E-state index contributed by atoms with van der Waals surface area (Å²) in [6, 6.07) is 4.97. The van der Waals surface area contributed by atoms with Crippen LogP contribution in [0.2, 0.25) is 0 Å². The number of hydrogen-bond acceptors (Lipinski definition) is 8. The van der Waals surface area contributed by atoms with Crippen LogP contribution < -0.4 is 9.47 Å². The zero-order chi connectivity index (χ0) is 32.2. The van der Waals surface area contributed by atoms with Crippen LogP contribution >= 0.6 is 45.3 Å². The zero-order valence-corrected chi connectivity index (χ0v) is 30.3. The molecule has 240 valence electrons. The molecule has 0 aliphatic rings. The highest BCUT2D eigenvalue weighted by Crippen LogP contribution is 2.54. The Kier molecular flexibility index (Phi) is 11.2. The Balaban J connectivity index is 1.70. The molecule has 0 amide bonds. The van der Waals surface area contributed by atoms with E-state index in [0.717, 1.165) is 88.0 Å². The number of hydrogen-bond donors (Lipinski definition) is 0. The molecule has 4 aromatic heterocycles. The Morgan fingerprint density at radius 1 is 0.844 bits per heavy atom. The van der Waals surface area contributed by atoms with E-state index in [-0.39, 0.29) is 10.4 Å². The first-order valence-electron chi connectivity index (χ1n) is 16.2. The van der Waals surface area contributed by atoms with Gasteiger partial charge < -0.3 is 9.47 Å². The lowest BCUT2D eigenvalue weighted by molar-refractivity contribution is 0.0840. The van der Waals surface area contributed by atoms with Gasteiger partial charge in [0.1, 0.15) is 22.4 Å². The second-order valence-electron chi connectivity index (χ2n) is 11.9. The molecule has 2 atom stereocenters. The van der Waals surface area contributed by atoms with Gasteiger partial charge in [0.25, 0.3) is 0 Å². The number of carbonyl (C=O) groups is 1. The van der Waals surface area contributed by atoms with Crippen LogP contribution in [-0.4, -0.2) is 19.3 Å². The number of halogens is 1. The van der Waals surface area contributed by atoms with Gasteiger partial charge in [0.15, 0.2) is 0 Å². The highest BCUT2D eigenvalue weighted by atomic mass is 32.1. The van der Waals surface area contributed by atoms with Gasteiger partial charge in [-0.2, -0.15) is 9.65 Å². The van der Waals surface area contributed by atoms with Crippen molar-refractivity contribution in [2.45, 2.75) is 92.9 Å². The fraction of sp³-hybridized carbons (Fsp3) is 0.500. The molecule has 0 saturated heterocycles. The normalized spacial score (nSPS) is 13.1. The Bertz CT molecular complexity index is 1780. The Labute approximate surface area is 281 Å². The highest BCUT2D eigenvalue weighted by molar-refractivity contribution is 7.30. The second kappa shape index (κ2) is 14.9. The fourth-order valence-electron chi connectivity index (χ4n) is 5.99. The van der Waals surface area contributed by atoms with Gasteiger partial charge in [-0.05, 0) is 50.7 Å². The van der Waals surface area contributed by atoms with Crippen LogP contribution in [0.4, 0.5) is 4.39 Å². The van der Waals surface area contributed by atoms with E-state index in [4.69, 9.17) is 9.47 Å². The summed E-state index contributed by atoms with van der Waals surface area (Å²) in [7, 11) is 0. The summed E-state index contributed by atoms with van der Waals surface area (Å²) in [6.45, 7) is 14.4. The van der Waals surface area contributed by atoms with Gasteiger partial charge in [0, 0.05) is 30.8 Å². The first-order valence-corrected chi connectivity index (χ1v) is 19.4. The Morgan fingerprint density at radius 2 is 1.42 bits per heavy atom. The van der Waals surface area contributed by atoms with Crippen molar-refractivity contribution < 1.29 is 18.7 Å². The number of thiophene rings is 4. The zero-order valence-electron chi connectivity index (χ0n) is 27.1. The molecule has 0 saturated carbocycles. The molecule has 4 nitrogen and oxygen atoms in total. The van der Waals surface area contributed by atoms with Crippen LogP contribution in [-0.2, 0) is 0 Å². The predicted molar refractivity (Wildman–Crippen MR) is 193 cm³/mol. The topological polar surface area (TPSA) is 59.3 Å². The smallest absolute Gasteiger partial charge is 0.343 e. The van der Waals surface area contributed by atoms with Crippen LogP contribution in [0.15, 0.2) is 12.1 Å². The summed E-state index contributed by atoms with van der Waals surface area (Å²) >= 11 is 6.05. The summed E-state index contributed by atoms with van der Waals surface area (Å²) in [5, 5.41) is 12.8. The highest BCUT2D eigenvalue weighted by Gasteiger charge is 2.28. The maximum atomic E-state index is 14.0. The molecule has 0 radical (unpaired) electrons. The van der Waals surface area contributed by atoms with Gasteiger partial charge in [-0.1, -0.05) is 66.2 Å². The predicted octanol–water partition coefficient (Wildman–Crippen LogP) is 12.8. The molecule has 0 N–H and O–H groups in total. The number of nitrogens with zero attached hydrogens (tertiary/aromatic N) is 1. The minimum Gasteiger partial charge on any atom is -0.491 e. The lowest BCUT2D eigenvalue weighted by Gasteiger charge is -2.19. The van der Waals surface area contributed by atoms with E-state index in [9.17, 15) is 14.4 Å². The average molecular weight is 684 g/mol. The molecule has 2 unspecified atom stereocenters. The van der Waals surface area contributed by atoms with Crippen molar-refractivity contribution in [2.24, 2.45) is 11.8 Å². The first kappa shape index (κ1) is 33.8. The second-order valence-corrected chi connectivity index (χ2v) is 16.5. The van der Waals surface area contributed by atoms with Crippen LogP contribution in [0.1, 0.15) is 104 Å². The number of unbranched alkanes of at least 4 members (excludes halogenated alkanes) is 2. The van der Waals surface area contributed by atoms with E-state index < -0.39 is 6.04 Å². The number of fused-ring (bicyclic) bond motifs is 3. The third-order valence-corrected chi connectivity index (χ3v) is 13.6. The molecule has 0 fully saturated rings. The third kappa shape index (κ3) is 6.81. The lowest BCUT2D eigenvalue weighted by atomic mass is 10.0. The molecular weight excluding hydrogens is 642 g/mol. The van der Waals surface area contributed by atoms with Crippen molar-refractivity contribution in [1.82, 2.24) is 0 Å². The summed E-state index contributed by atoms with van der Waals surface area (Å²) in [6.07, 6.45) is 9.15. The van der Waals surface area contributed by atoms with Gasteiger partial charge in [0.05, 0.1) is 37.8 Å².